The average molecular weight is 253 g/mol. The first kappa shape index (κ1) is 12.9. The van der Waals surface area contributed by atoms with Gasteiger partial charge in [-0.25, -0.2) is 0 Å². The molecule has 0 aromatic rings. The van der Waals surface area contributed by atoms with E-state index in [1.807, 2.05) is 0 Å². The van der Waals surface area contributed by atoms with Gasteiger partial charge in [-0.1, -0.05) is 0 Å². The van der Waals surface area contributed by atoms with Gasteiger partial charge in [0.25, 0.3) is 0 Å². The number of carbonyl (C=O) groups is 3. The minimum atomic E-state index is -0.809. The van der Waals surface area contributed by atoms with Gasteiger partial charge in [-0.05, 0) is 20.3 Å². The topological polar surface area (TPSA) is 78.5 Å². The maximum atomic E-state index is 12.4. The summed E-state index contributed by atoms with van der Waals surface area (Å²) < 4.78 is 0. The van der Waals surface area contributed by atoms with Crippen LogP contribution >= 0.6 is 0 Å². The summed E-state index contributed by atoms with van der Waals surface area (Å²) in [4.78, 5) is 36.9. The van der Waals surface area contributed by atoms with Crippen molar-refractivity contribution >= 4 is 17.7 Å². The molecule has 0 aromatic heterocycles. The van der Waals surface area contributed by atoms with E-state index in [9.17, 15) is 14.4 Å². The number of carbonyl (C=O) groups excluding carboxylic acids is 3. The van der Waals surface area contributed by atoms with Gasteiger partial charge in [0.2, 0.25) is 17.7 Å². The number of nitrogens with zero attached hydrogens (tertiary/aromatic N) is 1. The van der Waals surface area contributed by atoms with Gasteiger partial charge in [-0.3, -0.25) is 14.4 Å². The Labute approximate surface area is 106 Å². The molecule has 2 rings (SSSR count). The van der Waals surface area contributed by atoms with E-state index in [-0.39, 0.29) is 23.6 Å². The fourth-order valence-electron chi connectivity index (χ4n) is 2.45. The summed E-state index contributed by atoms with van der Waals surface area (Å²) in [6.45, 7) is 4.91. The van der Waals surface area contributed by atoms with Gasteiger partial charge < -0.3 is 15.5 Å². The minimum Gasteiger partial charge on any atom is -0.355 e. The molecule has 2 fully saturated rings. The molecule has 1 unspecified atom stereocenters. The number of hydrogen-bond donors (Lipinski definition) is 2. The standard InChI is InChI=1S/C12H19N3O3/c1-12(2)11(18)13-5-6-15(12)10(17)8-3-4-9(16)14-7-8/h8H,3-7H2,1-2H3,(H,13,18)(H,14,16). The maximum absolute atomic E-state index is 12.4. The lowest BCUT2D eigenvalue weighted by molar-refractivity contribution is -0.152. The van der Waals surface area contributed by atoms with E-state index in [4.69, 9.17) is 0 Å². The Balaban J connectivity index is 2.08. The molecule has 2 aliphatic heterocycles. The van der Waals surface area contributed by atoms with Gasteiger partial charge in [0.15, 0.2) is 0 Å². The number of hydrogen-bond acceptors (Lipinski definition) is 3. The second-order valence-electron chi connectivity index (χ2n) is 5.34. The lowest BCUT2D eigenvalue weighted by atomic mass is 9.92. The molecule has 100 valence electrons. The first-order chi connectivity index (χ1) is 8.43. The van der Waals surface area contributed by atoms with Crippen LogP contribution in [0.25, 0.3) is 0 Å². The Kier molecular flexibility index (Phi) is 3.28. The van der Waals surface area contributed by atoms with Crippen molar-refractivity contribution in [3.63, 3.8) is 0 Å². The Bertz CT molecular complexity index is 382. The predicted octanol–water partition coefficient (Wildman–Crippen LogP) is -0.750. The molecule has 2 heterocycles. The van der Waals surface area contributed by atoms with Gasteiger partial charge in [-0.2, -0.15) is 0 Å². The molecule has 2 aliphatic rings. The second kappa shape index (κ2) is 4.59. The third-order valence-electron chi connectivity index (χ3n) is 3.73. The van der Waals surface area contributed by atoms with Crippen molar-refractivity contribution in [1.82, 2.24) is 15.5 Å². The zero-order valence-electron chi connectivity index (χ0n) is 10.8. The summed E-state index contributed by atoms with van der Waals surface area (Å²) in [7, 11) is 0. The number of rotatable bonds is 1. The second-order valence-corrected chi connectivity index (χ2v) is 5.34. The van der Waals surface area contributed by atoms with Crippen molar-refractivity contribution < 1.29 is 14.4 Å². The van der Waals surface area contributed by atoms with Crippen molar-refractivity contribution in [1.29, 1.82) is 0 Å². The SMILES string of the molecule is CC1(C)C(=O)NCCN1C(=O)C1CCC(=O)NC1. The van der Waals surface area contributed by atoms with E-state index >= 15 is 0 Å². The molecule has 0 bridgehead atoms. The van der Waals surface area contributed by atoms with Crippen molar-refractivity contribution in [3.05, 3.63) is 0 Å². The molecular weight excluding hydrogens is 234 g/mol. The third-order valence-corrected chi connectivity index (χ3v) is 3.73. The largest absolute Gasteiger partial charge is 0.355 e. The lowest BCUT2D eigenvalue weighted by Gasteiger charge is -2.43. The smallest absolute Gasteiger partial charge is 0.245 e. The highest BCUT2D eigenvalue weighted by atomic mass is 16.2. The normalized spacial score (nSPS) is 27.4. The van der Waals surface area contributed by atoms with Gasteiger partial charge in [0.1, 0.15) is 5.54 Å². The van der Waals surface area contributed by atoms with E-state index in [0.29, 0.717) is 32.5 Å². The summed E-state index contributed by atoms with van der Waals surface area (Å²) in [6.07, 6.45) is 0.954. The van der Waals surface area contributed by atoms with Crippen LogP contribution in [-0.2, 0) is 14.4 Å². The molecule has 2 saturated heterocycles. The highest BCUT2D eigenvalue weighted by Crippen LogP contribution is 2.23. The fourth-order valence-corrected chi connectivity index (χ4v) is 2.45. The summed E-state index contributed by atoms with van der Waals surface area (Å²) in [6, 6.07) is 0. The quantitative estimate of drug-likeness (QED) is 0.645. The average Bonchev–Trinajstić information content (AvgIpc) is 2.33. The molecule has 18 heavy (non-hydrogen) atoms. The Morgan fingerprint density at radius 1 is 1.33 bits per heavy atom. The molecule has 3 amide bonds. The lowest BCUT2D eigenvalue weighted by Crippen LogP contribution is -2.65. The van der Waals surface area contributed by atoms with Gasteiger partial charge in [-0.15, -0.1) is 0 Å². The number of nitrogens with one attached hydrogen (secondary N) is 2. The fraction of sp³-hybridized carbons (Fsp3) is 0.750. The van der Waals surface area contributed by atoms with Crippen LogP contribution in [0.2, 0.25) is 0 Å². The summed E-state index contributed by atoms with van der Waals surface area (Å²) in [5.74, 6) is -0.362. The highest BCUT2D eigenvalue weighted by molar-refractivity contribution is 5.93. The van der Waals surface area contributed by atoms with Crippen LogP contribution in [0.15, 0.2) is 0 Å². The van der Waals surface area contributed by atoms with E-state index in [0.717, 1.165) is 0 Å². The Hall–Kier alpha value is -1.59. The van der Waals surface area contributed by atoms with Crippen molar-refractivity contribution in [2.24, 2.45) is 5.92 Å². The number of piperidine rings is 1. The molecule has 1 atom stereocenters. The van der Waals surface area contributed by atoms with E-state index in [1.165, 1.54) is 0 Å². The van der Waals surface area contributed by atoms with E-state index in [1.54, 1.807) is 18.7 Å². The van der Waals surface area contributed by atoms with Gasteiger partial charge >= 0.3 is 0 Å². The van der Waals surface area contributed by atoms with Gasteiger partial charge in [0.05, 0.1) is 5.92 Å². The molecule has 6 heteroatoms. The molecule has 2 N–H and O–H groups in total. The van der Waals surface area contributed by atoms with Crippen LogP contribution in [0.4, 0.5) is 0 Å². The maximum Gasteiger partial charge on any atom is 0.245 e. The Morgan fingerprint density at radius 3 is 2.67 bits per heavy atom. The van der Waals surface area contributed by atoms with E-state index < -0.39 is 5.54 Å². The molecule has 0 aliphatic carbocycles. The van der Waals surface area contributed by atoms with E-state index in [2.05, 4.69) is 10.6 Å². The predicted molar refractivity (Wildman–Crippen MR) is 64.5 cm³/mol. The summed E-state index contributed by atoms with van der Waals surface area (Å²) in [5.41, 5.74) is -0.809. The summed E-state index contributed by atoms with van der Waals surface area (Å²) in [5, 5.41) is 5.47. The van der Waals surface area contributed by atoms with Crippen LogP contribution in [0.5, 0.6) is 0 Å². The third kappa shape index (κ3) is 2.19. The minimum absolute atomic E-state index is 0.00491. The van der Waals surface area contributed by atoms with Crippen molar-refractivity contribution in [2.45, 2.75) is 32.2 Å². The van der Waals surface area contributed by atoms with Crippen LogP contribution in [0.3, 0.4) is 0 Å². The van der Waals surface area contributed by atoms with Crippen molar-refractivity contribution in [2.75, 3.05) is 19.6 Å². The monoisotopic (exact) mass is 253 g/mol. The van der Waals surface area contributed by atoms with Crippen LogP contribution in [0.1, 0.15) is 26.7 Å². The number of piperazine rings is 1. The zero-order valence-corrected chi connectivity index (χ0v) is 10.8. The molecule has 0 saturated carbocycles. The molecule has 6 nitrogen and oxygen atoms in total. The molecule has 0 aromatic carbocycles. The van der Waals surface area contributed by atoms with Crippen molar-refractivity contribution in [3.8, 4) is 0 Å². The van der Waals surface area contributed by atoms with Crippen LogP contribution < -0.4 is 10.6 Å². The highest BCUT2D eigenvalue weighted by Gasteiger charge is 2.42. The zero-order chi connectivity index (χ0) is 13.3. The molecule has 0 radical (unpaired) electrons. The first-order valence-electron chi connectivity index (χ1n) is 6.29. The van der Waals surface area contributed by atoms with Crippen LogP contribution in [0, 0.1) is 5.92 Å². The van der Waals surface area contributed by atoms with Gasteiger partial charge in [0, 0.05) is 26.1 Å². The first-order valence-corrected chi connectivity index (χ1v) is 6.29. The molecule has 0 spiro atoms. The Morgan fingerprint density at radius 2 is 2.06 bits per heavy atom. The summed E-state index contributed by atoms with van der Waals surface area (Å²) >= 11 is 0. The molecular formula is C12H19N3O3. The number of amides is 3. The van der Waals surface area contributed by atoms with Crippen LogP contribution in [-0.4, -0.2) is 47.8 Å².